The number of benzene rings is 1. The van der Waals surface area contributed by atoms with E-state index in [9.17, 15) is 4.91 Å². The molecule has 0 radical (unpaired) electrons. The molecule has 1 unspecified atom stereocenters. The van der Waals surface area contributed by atoms with Crippen LogP contribution in [0.2, 0.25) is 0 Å². The summed E-state index contributed by atoms with van der Waals surface area (Å²) in [5.74, 6) is 0. The summed E-state index contributed by atoms with van der Waals surface area (Å²) in [6.07, 6.45) is -0.108. The highest BCUT2D eigenvalue weighted by atomic mass is 16.8. The molecule has 0 bridgehead atoms. The molecular weight excluding hydrogens is 142 g/mol. The Bertz CT molecular complexity index is 309. The van der Waals surface area contributed by atoms with Crippen LogP contribution in [0.15, 0.2) is 24.3 Å². The fourth-order valence-corrected chi connectivity index (χ4v) is 1.25. The van der Waals surface area contributed by atoms with Gasteiger partial charge >= 0.3 is 5.69 Å². The molecule has 3 heteroatoms. The summed E-state index contributed by atoms with van der Waals surface area (Å²) in [4.78, 5) is 16.4. The number of fused-ring (bicyclic) bond motifs is 1. The minimum Gasteiger partial charge on any atom is -0.218 e. The number of rotatable bonds is 0. The molecule has 1 atom stereocenters. The Morgan fingerprint density at radius 3 is 2.91 bits per heavy atom. The van der Waals surface area contributed by atoms with Gasteiger partial charge in [-0.05, 0) is 13.0 Å². The minimum absolute atomic E-state index is 0.108. The smallest absolute Gasteiger partial charge is 0.218 e. The molecule has 0 aliphatic carbocycles. The van der Waals surface area contributed by atoms with Crippen LogP contribution in [0.1, 0.15) is 18.6 Å². The fourth-order valence-electron chi connectivity index (χ4n) is 1.25. The van der Waals surface area contributed by atoms with Crippen LogP contribution in [0.5, 0.6) is 0 Å². The molecule has 1 aliphatic heterocycles. The standard InChI is InChI=1S/C8H8NO2/c1-6-7-4-2-3-5-8(7)9(10)11-6/h2-6H,1H3/q+1. The third kappa shape index (κ3) is 0.808. The van der Waals surface area contributed by atoms with E-state index in [-0.39, 0.29) is 6.10 Å². The summed E-state index contributed by atoms with van der Waals surface area (Å²) >= 11 is 0. The topological polar surface area (TPSA) is 29.3 Å². The van der Waals surface area contributed by atoms with Gasteiger partial charge in [-0.25, -0.2) is 4.84 Å². The normalized spacial score (nSPS) is 21.2. The van der Waals surface area contributed by atoms with Gasteiger partial charge in [0.15, 0.2) is 0 Å². The first-order valence-electron chi connectivity index (χ1n) is 3.52. The van der Waals surface area contributed by atoms with Crippen LogP contribution in [0.3, 0.4) is 0 Å². The van der Waals surface area contributed by atoms with Crippen LogP contribution in [0, 0.1) is 4.91 Å². The second-order valence-electron chi connectivity index (χ2n) is 2.56. The lowest BCUT2D eigenvalue weighted by Crippen LogP contribution is -1.93. The molecule has 1 aliphatic rings. The molecule has 0 saturated carbocycles. The second-order valence-corrected chi connectivity index (χ2v) is 2.56. The molecule has 0 aromatic heterocycles. The Kier molecular flexibility index (Phi) is 1.18. The molecule has 1 heterocycles. The first-order chi connectivity index (χ1) is 5.29. The molecule has 0 N–H and O–H groups in total. The summed E-state index contributed by atoms with van der Waals surface area (Å²) in [6.45, 7) is 1.86. The highest BCUT2D eigenvalue weighted by Gasteiger charge is 2.36. The summed E-state index contributed by atoms with van der Waals surface area (Å²) in [7, 11) is 0. The number of hydrogen-bond donors (Lipinski definition) is 0. The molecule has 0 amide bonds. The van der Waals surface area contributed by atoms with Crippen molar-refractivity contribution >= 4 is 5.69 Å². The van der Waals surface area contributed by atoms with Gasteiger partial charge in [0.05, 0.1) is 10.5 Å². The van der Waals surface area contributed by atoms with Gasteiger partial charge in [0.1, 0.15) is 0 Å². The Hall–Kier alpha value is -1.38. The van der Waals surface area contributed by atoms with Crippen molar-refractivity contribution in [2.75, 3.05) is 0 Å². The van der Waals surface area contributed by atoms with Crippen molar-refractivity contribution in [1.82, 2.24) is 0 Å². The third-order valence-corrected chi connectivity index (χ3v) is 1.83. The van der Waals surface area contributed by atoms with Crippen LogP contribution in [-0.2, 0) is 4.84 Å². The highest BCUT2D eigenvalue weighted by molar-refractivity contribution is 5.41. The number of hydrogen-bond acceptors (Lipinski definition) is 2. The van der Waals surface area contributed by atoms with Gasteiger partial charge in [-0.1, -0.05) is 12.1 Å². The van der Waals surface area contributed by atoms with Gasteiger partial charge in [0, 0.05) is 6.07 Å². The van der Waals surface area contributed by atoms with Crippen molar-refractivity contribution in [3.05, 3.63) is 34.7 Å². The van der Waals surface area contributed by atoms with Crippen LogP contribution in [0.4, 0.5) is 5.69 Å². The maximum Gasteiger partial charge on any atom is 0.323 e. The molecule has 0 spiro atoms. The van der Waals surface area contributed by atoms with Crippen molar-refractivity contribution in [2.45, 2.75) is 13.0 Å². The third-order valence-electron chi connectivity index (χ3n) is 1.83. The fraction of sp³-hybridized carbons (Fsp3) is 0.250. The lowest BCUT2D eigenvalue weighted by molar-refractivity contribution is -0.744. The molecule has 3 nitrogen and oxygen atoms in total. The zero-order chi connectivity index (χ0) is 7.84. The summed E-state index contributed by atoms with van der Waals surface area (Å²) in [5, 5.41) is 0. The maximum atomic E-state index is 11.0. The van der Waals surface area contributed by atoms with Gasteiger partial charge < -0.3 is 0 Å². The van der Waals surface area contributed by atoms with Gasteiger partial charge in [-0.15, -0.1) is 0 Å². The van der Waals surface area contributed by atoms with Crippen LogP contribution >= 0.6 is 0 Å². The van der Waals surface area contributed by atoms with E-state index in [1.54, 1.807) is 6.07 Å². The average molecular weight is 150 g/mol. The van der Waals surface area contributed by atoms with Crippen LogP contribution in [-0.4, -0.2) is 4.92 Å². The van der Waals surface area contributed by atoms with Gasteiger partial charge in [0.25, 0.3) is 4.92 Å². The van der Waals surface area contributed by atoms with E-state index in [0.29, 0.717) is 10.6 Å². The van der Waals surface area contributed by atoms with E-state index in [2.05, 4.69) is 0 Å². The van der Waals surface area contributed by atoms with E-state index >= 15 is 0 Å². The summed E-state index contributed by atoms with van der Waals surface area (Å²) in [6, 6.07) is 7.38. The molecule has 1 aromatic carbocycles. The Morgan fingerprint density at radius 1 is 1.45 bits per heavy atom. The van der Waals surface area contributed by atoms with E-state index in [0.717, 1.165) is 5.56 Å². The highest BCUT2D eigenvalue weighted by Crippen LogP contribution is 2.34. The van der Waals surface area contributed by atoms with Crippen molar-refractivity contribution in [2.24, 2.45) is 0 Å². The largest absolute Gasteiger partial charge is 0.323 e. The first-order valence-corrected chi connectivity index (χ1v) is 3.52. The molecule has 0 fully saturated rings. The minimum atomic E-state index is -0.108. The first kappa shape index (κ1) is 6.34. The van der Waals surface area contributed by atoms with Crippen molar-refractivity contribution < 1.29 is 9.76 Å². The lowest BCUT2D eigenvalue weighted by atomic mass is 10.1. The maximum absolute atomic E-state index is 11.0. The van der Waals surface area contributed by atoms with Crippen molar-refractivity contribution in [1.29, 1.82) is 0 Å². The molecule has 1 aromatic rings. The van der Waals surface area contributed by atoms with Gasteiger partial charge in [0.2, 0.25) is 6.10 Å². The predicted octanol–water partition coefficient (Wildman–Crippen LogP) is 2.10. The molecule has 56 valence electrons. The second kappa shape index (κ2) is 2.05. The van der Waals surface area contributed by atoms with Crippen molar-refractivity contribution in [3.8, 4) is 0 Å². The molecule has 0 saturated heterocycles. The zero-order valence-corrected chi connectivity index (χ0v) is 6.15. The Labute approximate surface area is 64.1 Å². The predicted molar refractivity (Wildman–Crippen MR) is 39.2 cm³/mol. The molecule has 2 rings (SSSR count). The number of para-hydroxylation sites is 1. The van der Waals surface area contributed by atoms with Crippen LogP contribution < -0.4 is 0 Å². The van der Waals surface area contributed by atoms with Gasteiger partial charge in [-0.3, -0.25) is 0 Å². The average Bonchev–Trinajstić information content (AvgIpc) is 2.30. The van der Waals surface area contributed by atoms with E-state index in [1.165, 1.54) is 0 Å². The molecule has 11 heavy (non-hydrogen) atoms. The monoisotopic (exact) mass is 150 g/mol. The molecular formula is C8H8NO2+. The number of nitrogens with zero attached hydrogens (tertiary/aromatic N) is 1. The van der Waals surface area contributed by atoms with E-state index in [4.69, 9.17) is 4.84 Å². The van der Waals surface area contributed by atoms with E-state index in [1.807, 2.05) is 25.1 Å². The Balaban J connectivity index is 2.60. The SMILES string of the molecule is CC1O[N+](=O)c2ccccc21. The lowest BCUT2D eigenvalue weighted by Gasteiger charge is -1.90. The Morgan fingerprint density at radius 2 is 2.18 bits per heavy atom. The van der Waals surface area contributed by atoms with Crippen molar-refractivity contribution in [3.63, 3.8) is 0 Å². The quantitative estimate of drug-likeness (QED) is 0.566. The van der Waals surface area contributed by atoms with Gasteiger partial charge in [-0.2, -0.15) is 0 Å². The van der Waals surface area contributed by atoms with E-state index < -0.39 is 0 Å². The summed E-state index contributed by atoms with van der Waals surface area (Å²) in [5.41, 5.74) is 1.59. The van der Waals surface area contributed by atoms with Crippen LogP contribution in [0.25, 0.3) is 0 Å². The zero-order valence-electron chi connectivity index (χ0n) is 6.15. The summed E-state index contributed by atoms with van der Waals surface area (Å²) < 4.78 is 0.